The number of carbonyl (C=O) groups is 1. The third kappa shape index (κ3) is 6.27. The average molecular weight is 486 g/mol. The highest BCUT2D eigenvalue weighted by molar-refractivity contribution is 7.99. The number of halogens is 1. The van der Waals surface area contributed by atoms with Crippen LogP contribution in [0.5, 0.6) is 0 Å². The number of hydrogen-bond donors (Lipinski definition) is 4. The van der Waals surface area contributed by atoms with Crippen molar-refractivity contribution in [1.29, 1.82) is 0 Å². The van der Waals surface area contributed by atoms with Gasteiger partial charge in [-0.05, 0) is 43.2 Å². The number of imidazole rings is 1. The smallest absolute Gasteiger partial charge is 0.323 e. The summed E-state index contributed by atoms with van der Waals surface area (Å²) >= 11 is 6.96. The number of amides is 1. The lowest BCUT2D eigenvalue weighted by Crippen LogP contribution is -2.37. The molecule has 0 unspecified atom stereocenters. The number of benzene rings is 2. The first kappa shape index (κ1) is 23.1. The summed E-state index contributed by atoms with van der Waals surface area (Å²) in [6, 6.07) is 12.7. The second-order valence-electron chi connectivity index (χ2n) is 7.85. The van der Waals surface area contributed by atoms with Crippen molar-refractivity contribution in [3.8, 4) is 0 Å². The number of aromatic nitrogens is 4. The Morgan fingerprint density at radius 2 is 1.79 bits per heavy atom. The largest absolute Gasteiger partial charge is 0.353 e. The van der Waals surface area contributed by atoms with Crippen LogP contribution < -0.4 is 16.6 Å². The van der Waals surface area contributed by atoms with Gasteiger partial charge in [0.05, 0.1) is 27.7 Å². The lowest BCUT2D eigenvalue weighted by Gasteiger charge is -2.22. The van der Waals surface area contributed by atoms with Crippen LogP contribution in [0.15, 0.2) is 57.2 Å². The number of nitrogens with one attached hydrogen (secondary N) is 4. The predicted molar refractivity (Wildman–Crippen MR) is 132 cm³/mol. The standard InChI is InChI=1S/C16H19N3O2S.C7H5ClN2O/c20-14(17-11-6-2-1-3-7-11)10-22-16-18-13-9-5-4-8-12(13)15(21)19-16;8-4-1-2-5-6(3-4)10-7(11)9-5/h4-5,8-9,11H,1-3,6-7,10H2,(H,17,20)(H,18,19,21);1-3H,(H2,9,10,11). The van der Waals surface area contributed by atoms with Crippen LogP contribution in [0.25, 0.3) is 21.9 Å². The summed E-state index contributed by atoms with van der Waals surface area (Å²) in [5.74, 6) is 0.283. The molecule has 4 N–H and O–H groups in total. The summed E-state index contributed by atoms with van der Waals surface area (Å²) in [7, 11) is 0. The summed E-state index contributed by atoms with van der Waals surface area (Å²) in [6.07, 6.45) is 5.79. The number of para-hydroxylation sites is 1. The zero-order valence-electron chi connectivity index (χ0n) is 17.8. The third-order valence-corrected chi connectivity index (χ3v) is 6.49. The molecule has 0 radical (unpaired) electrons. The maximum atomic E-state index is 12.0. The fourth-order valence-electron chi connectivity index (χ4n) is 3.79. The number of hydrogen-bond acceptors (Lipinski definition) is 5. The van der Waals surface area contributed by atoms with E-state index in [1.807, 2.05) is 12.1 Å². The van der Waals surface area contributed by atoms with E-state index in [4.69, 9.17) is 11.6 Å². The van der Waals surface area contributed by atoms with Crippen molar-refractivity contribution < 1.29 is 4.79 Å². The van der Waals surface area contributed by atoms with Gasteiger partial charge in [-0.25, -0.2) is 9.78 Å². The van der Waals surface area contributed by atoms with Gasteiger partial charge in [-0.1, -0.05) is 54.8 Å². The van der Waals surface area contributed by atoms with Crippen LogP contribution in [0.4, 0.5) is 0 Å². The molecule has 4 aromatic rings. The van der Waals surface area contributed by atoms with Crippen molar-refractivity contribution in [3.63, 3.8) is 0 Å². The first-order valence-electron chi connectivity index (χ1n) is 10.8. The van der Waals surface area contributed by atoms with Gasteiger partial charge in [0.15, 0.2) is 5.16 Å². The average Bonchev–Trinajstić information content (AvgIpc) is 3.18. The second-order valence-corrected chi connectivity index (χ2v) is 9.25. The first-order chi connectivity index (χ1) is 16.0. The Hall–Kier alpha value is -3.04. The minimum Gasteiger partial charge on any atom is -0.353 e. The Bertz CT molecular complexity index is 1370. The number of rotatable bonds is 4. The highest BCUT2D eigenvalue weighted by Crippen LogP contribution is 2.18. The van der Waals surface area contributed by atoms with Gasteiger partial charge in [-0.15, -0.1) is 0 Å². The van der Waals surface area contributed by atoms with Crippen LogP contribution >= 0.6 is 23.4 Å². The van der Waals surface area contributed by atoms with E-state index < -0.39 is 0 Å². The molecule has 1 amide bonds. The number of carbonyl (C=O) groups excluding carboxylic acids is 1. The summed E-state index contributed by atoms with van der Waals surface area (Å²) in [4.78, 5) is 47.0. The molecule has 1 saturated carbocycles. The lowest BCUT2D eigenvalue weighted by molar-refractivity contribution is -0.119. The van der Waals surface area contributed by atoms with E-state index in [-0.39, 0.29) is 22.9 Å². The quantitative estimate of drug-likeness (QED) is 0.257. The molecule has 2 aromatic carbocycles. The number of thioether (sulfide) groups is 1. The molecule has 8 nitrogen and oxygen atoms in total. The van der Waals surface area contributed by atoms with Crippen LogP contribution in [0, 0.1) is 0 Å². The van der Waals surface area contributed by atoms with E-state index in [1.54, 1.807) is 30.3 Å². The molecule has 33 heavy (non-hydrogen) atoms. The third-order valence-electron chi connectivity index (χ3n) is 5.38. The first-order valence-corrected chi connectivity index (χ1v) is 12.1. The fourth-order valence-corrected chi connectivity index (χ4v) is 4.64. The molecule has 2 aromatic heterocycles. The number of fused-ring (bicyclic) bond motifs is 2. The Morgan fingerprint density at radius 1 is 1.03 bits per heavy atom. The van der Waals surface area contributed by atoms with Gasteiger partial charge in [0.2, 0.25) is 5.91 Å². The zero-order valence-corrected chi connectivity index (χ0v) is 19.4. The van der Waals surface area contributed by atoms with Gasteiger partial charge in [0.25, 0.3) is 5.56 Å². The SMILES string of the molecule is O=C(CSc1nc2ccccc2c(=O)[nH]1)NC1CCCCC1.O=c1[nH]c2ccc(Cl)cc2[nH]1. The monoisotopic (exact) mass is 485 g/mol. The highest BCUT2D eigenvalue weighted by atomic mass is 35.5. The van der Waals surface area contributed by atoms with Crippen LogP contribution in [0.3, 0.4) is 0 Å². The molecule has 1 fully saturated rings. The van der Waals surface area contributed by atoms with Crippen LogP contribution in [0.2, 0.25) is 5.02 Å². The minimum atomic E-state index is -0.206. The van der Waals surface area contributed by atoms with E-state index >= 15 is 0 Å². The van der Waals surface area contributed by atoms with Gasteiger partial charge >= 0.3 is 5.69 Å². The summed E-state index contributed by atoms with van der Waals surface area (Å²) in [5, 5.41) is 4.74. The predicted octanol–water partition coefficient (Wildman–Crippen LogP) is 3.97. The Labute approximate surface area is 198 Å². The molecule has 0 atom stereocenters. The lowest BCUT2D eigenvalue weighted by atomic mass is 9.95. The molecule has 5 rings (SSSR count). The van der Waals surface area contributed by atoms with Crippen molar-refractivity contribution in [3.05, 3.63) is 68.3 Å². The maximum absolute atomic E-state index is 12.0. The molecule has 0 aliphatic heterocycles. The molecule has 0 spiro atoms. The Morgan fingerprint density at radius 3 is 2.61 bits per heavy atom. The van der Waals surface area contributed by atoms with Gasteiger partial charge < -0.3 is 20.3 Å². The molecule has 0 bridgehead atoms. The number of H-pyrrole nitrogens is 3. The molecular weight excluding hydrogens is 462 g/mol. The van der Waals surface area contributed by atoms with Crippen molar-refractivity contribution in [2.24, 2.45) is 0 Å². The molecular formula is C23H24ClN5O3S. The second kappa shape index (κ2) is 10.7. The van der Waals surface area contributed by atoms with E-state index in [9.17, 15) is 14.4 Å². The van der Waals surface area contributed by atoms with E-state index in [0.717, 1.165) is 23.9 Å². The summed E-state index contributed by atoms with van der Waals surface area (Å²) < 4.78 is 0. The summed E-state index contributed by atoms with van der Waals surface area (Å²) in [6.45, 7) is 0. The zero-order chi connectivity index (χ0) is 23.2. The van der Waals surface area contributed by atoms with Crippen LogP contribution in [0.1, 0.15) is 32.1 Å². The minimum absolute atomic E-state index is 0.00714. The normalized spacial score (nSPS) is 14.1. The van der Waals surface area contributed by atoms with Gasteiger partial charge in [-0.2, -0.15) is 0 Å². The highest BCUT2D eigenvalue weighted by Gasteiger charge is 2.16. The van der Waals surface area contributed by atoms with Crippen LogP contribution in [-0.4, -0.2) is 37.6 Å². The molecule has 0 saturated heterocycles. The van der Waals surface area contributed by atoms with Crippen molar-refractivity contribution >= 4 is 51.2 Å². The van der Waals surface area contributed by atoms with Gasteiger partial charge in [-0.3, -0.25) is 9.59 Å². The van der Waals surface area contributed by atoms with E-state index in [0.29, 0.717) is 27.1 Å². The number of aromatic amines is 3. The molecule has 172 valence electrons. The van der Waals surface area contributed by atoms with Gasteiger partial charge in [0.1, 0.15) is 0 Å². The molecule has 2 heterocycles. The van der Waals surface area contributed by atoms with Gasteiger partial charge in [0, 0.05) is 11.1 Å². The maximum Gasteiger partial charge on any atom is 0.323 e. The molecule has 1 aliphatic rings. The van der Waals surface area contributed by atoms with E-state index in [2.05, 4.69) is 25.3 Å². The van der Waals surface area contributed by atoms with Crippen molar-refractivity contribution in [2.75, 3.05) is 5.75 Å². The van der Waals surface area contributed by atoms with E-state index in [1.165, 1.54) is 31.0 Å². The topological polar surface area (TPSA) is 123 Å². The molecule has 1 aliphatic carbocycles. The number of nitrogens with zero attached hydrogens (tertiary/aromatic N) is 1. The Balaban J connectivity index is 0.000000196. The fraction of sp³-hybridized carbons (Fsp3) is 0.304. The summed E-state index contributed by atoms with van der Waals surface area (Å²) in [5.41, 5.74) is 1.80. The van der Waals surface area contributed by atoms with Crippen molar-refractivity contribution in [1.82, 2.24) is 25.3 Å². The Kier molecular flexibility index (Phi) is 7.51. The van der Waals surface area contributed by atoms with Crippen LogP contribution in [-0.2, 0) is 4.79 Å². The van der Waals surface area contributed by atoms with Crippen molar-refractivity contribution in [2.45, 2.75) is 43.3 Å². The molecule has 10 heteroatoms.